The molecule has 17 heavy (non-hydrogen) atoms. The van der Waals surface area contributed by atoms with Crippen LogP contribution in [-0.4, -0.2) is 37.6 Å². The van der Waals surface area contributed by atoms with Crippen LogP contribution in [0.4, 0.5) is 0 Å². The molecule has 0 radical (unpaired) electrons. The van der Waals surface area contributed by atoms with Crippen molar-refractivity contribution in [3.05, 3.63) is 35.9 Å². The Morgan fingerprint density at radius 3 is 2.59 bits per heavy atom. The molecule has 0 saturated carbocycles. The SMILES string of the molecule is CN(C)C[C@@H](N)CC(=O)OCc1ccccc1. The van der Waals surface area contributed by atoms with Crippen molar-refractivity contribution in [3.63, 3.8) is 0 Å². The standard InChI is InChI=1S/C13H20N2O2/c1-15(2)9-12(14)8-13(16)17-10-11-6-4-3-5-7-11/h3-7,12H,8-10,14H2,1-2H3/t12-/m0/s1. The molecule has 0 spiro atoms. The second-order valence-electron chi connectivity index (χ2n) is 4.37. The molecule has 0 saturated heterocycles. The Morgan fingerprint density at radius 2 is 2.00 bits per heavy atom. The quantitative estimate of drug-likeness (QED) is 0.749. The molecule has 1 rings (SSSR count). The van der Waals surface area contributed by atoms with E-state index in [4.69, 9.17) is 10.5 Å². The highest BCUT2D eigenvalue weighted by Gasteiger charge is 2.11. The third-order valence-corrected chi connectivity index (χ3v) is 2.27. The molecule has 0 unspecified atom stereocenters. The zero-order valence-corrected chi connectivity index (χ0v) is 10.4. The van der Waals surface area contributed by atoms with E-state index >= 15 is 0 Å². The van der Waals surface area contributed by atoms with Gasteiger partial charge in [0, 0.05) is 12.6 Å². The average molecular weight is 236 g/mol. The first-order valence-electron chi connectivity index (χ1n) is 5.68. The molecule has 4 nitrogen and oxygen atoms in total. The number of nitrogens with two attached hydrogens (primary N) is 1. The molecular formula is C13H20N2O2. The summed E-state index contributed by atoms with van der Waals surface area (Å²) in [6, 6.07) is 9.44. The normalized spacial score (nSPS) is 12.5. The smallest absolute Gasteiger partial charge is 0.307 e. The van der Waals surface area contributed by atoms with Gasteiger partial charge in [-0.05, 0) is 19.7 Å². The van der Waals surface area contributed by atoms with Crippen molar-refractivity contribution in [2.75, 3.05) is 20.6 Å². The second-order valence-corrected chi connectivity index (χ2v) is 4.37. The van der Waals surface area contributed by atoms with Crippen LogP contribution in [0.5, 0.6) is 0 Å². The van der Waals surface area contributed by atoms with Gasteiger partial charge in [-0.25, -0.2) is 0 Å². The highest BCUT2D eigenvalue weighted by Crippen LogP contribution is 2.02. The lowest BCUT2D eigenvalue weighted by Gasteiger charge is -2.16. The zero-order chi connectivity index (χ0) is 12.7. The van der Waals surface area contributed by atoms with Crippen LogP contribution in [0.25, 0.3) is 0 Å². The first-order valence-corrected chi connectivity index (χ1v) is 5.68. The molecule has 1 aromatic rings. The highest BCUT2D eigenvalue weighted by atomic mass is 16.5. The van der Waals surface area contributed by atoms with Crippen LogP contribution < -0.4 is 5.73 Å². The number of nitrogens with zero attached hydrogens (tertiary/aromatic N) is 1. The van der Waals surface area contributed by atoms with Gasteiger partial charge in [0.1, 0.15) is 6.61 Å². The van der Waals surface area contributed by atoms with Gasteiger partial charge >= 0.3 is 5.97 Å². The van der Waals surface area contributed by atoms with Gasteiger partial charge in [-0.3, -0.25) is 4.79 Å². The first-order chi connectivity index (χ1) is 8.08. The maximum Gasteiger partial charge on any atom is 0.307 e. The van der Waals surface area contributed by atoms with E-state index in [-0.39, 0.29) is 18.4 Å². The summed E-state index contributed by atoms with van der Waals surface area (Å²) in [5.74, 6) is -0.247. The van der Waals surface area contributed by atoms with Gasteiger partial charge in [0.2, 0.25) is 0 Å². The molecule has 0 aliphatic carbocycles. The van der Waals surface area contributed by atoms with Gasteiger partial charge in [0.25, 0.3) is 0 Å². The van der Waals surface area contributed by atoms with Gasteiger partial charge in [0.15, 0.2) is 0 Å². The van der Waals surface area contributed by atoms with Gasteiger partial charge in [-0.1, -0.05) is 30.3 Å². The minimum atomic E-state index is -0.247. The Bertz CT molecular complexity index is 339. The monoisotopic (exact) mass is 236 g/mol. The van der Waals surface area contributed by atoms with Crippen LogP contribution in [0.3, 0.4) is 0 Å². The molecule has 4 heteroatoms. The molecule has 2 N–H and O–H groups in total. The third-order valence-electron chi connectivity index (χ3n) is 2.27. The summed E-state index contributed by atoms with van der Waals surface area (Å²) in [5, 5.41) is 0. The molecule has 0 bridgehead atoms. The van der Waals surface area contributed by atoms with Crippen molar-refractivity contribution in [1.82, 2.24) is 4.90 Å². The number of hydrogen-bond acceptors (Lipinski definition) is 4. The Hall–Kier alpha value is -1.39. The lowest BCUT2D eigenvalue weighted by atomic mass is 10.2. The fourth-order valence-electron chi connectivity index (χ4n) is 1.54. The number of carbonyl (C=O) groups excluding carboxylic acids is 1. The maximum atomic E-state index is 11.5. The number of hydrogen-bond donors (Lipinski definition) is 1. The van der Waals surface area contributed by atoms with Crippen LogP contribution in [0.1, 0.15) is 12.0 Å². The molecule has 0 heterocycles. The van der Waals surface area contributed by atoms with Gasteiger partial charge in [0.05, 0.1) is 6.42 Å². The van der Waals surface area contributed by atoms with E-state index in [1.165, 1.54) is 0 Å². The predicted molar refractivity (Wildman–Crippen MR) is 67.4 cm³/mol. The molecule has 0 amide bonds. The van der Waals surface area contributed by atoms with Gasteiger partial charge < -0.3 is 15.4 Å². The van der Waals surface area contributed by atoms with Crippen LogP contribution in [0.15, 0.2) is 30.3 Å². The average Bonchev–Trinajstić information content (AvgIpc) is 2.26. The molecule has 94 valence electrons. The minimum Gasteiger partial charge on any atom is -0.461 e. The lowest BCUT2D eigenvalue weighted by molar-refractivity contribution is -0.145. The summed E-state index contributed by atoms with van der Waals surface area (Å²) in [6.07, 6.45) is 0.255. The summed E-state index contributed by atoms with van der Waals surface area (Å²) in [6.45, 7) is 0.995. The van der Waals surface area contributed by atoms with E-state index in [0.29, 0.717) is 13.2 Å². The second kappa shape index (κ2) is 7.04. The number of carbonyl (C=O) groups is 1. The van der Waals surface area contributed by atoms with Crippen molar-refractivity contribution in [2.24, 2.45) is 5.73 Å². The summed E-state index contributed by atoms with van der Waals surface area (Å²) >= 11 is 0. The first kappa shape index (κ1) is 13.7. The van der Waals surface area contributed by atoms with Crippen molar-refractivity contribution in [1.29, 1.82) is 0 Å². The topological polar surface area (TPSA) is 55.6 Å². The fraction of sp³-hybridized carbons (Fsp3) is 0.462. The van der Waals surface area contributed by atoms with E-state index < -0.39 is 0 Å². The van der Waals surface area contributed by atoms with E-state index in [2.05, 4.69) is 0 Å². The van der Waals surface area contributed by atoms with E-state index in [0.717, 1.165) is 5.56 Å². The van der Waals surface area contributed by atoms with Crippen LogP contribution >= 0.6 is 0 Å². The summed E-state index contributed by atoms with van der Waals surface area (Å²) in [4.78, 5) is 13.4. The van der Waals surface area contributed by atoms with E-state index in [1.807, 2.05) is 49.3 Å². The van der Waals surface area contributed by atoms with Crippen molar-refractivity contribution < 1.29 is 9.53 Å². The molecule has 0 fully saturated rings. The number of likely N-dealkylation sites (N-methyl/N-ethyl adjacent to an activating group) is 1. The van der Waals surface area contributed by atoms with Crippen LogP contribution in [0, 0.1) is 0 Å². The van der Waals surface area contributed by atoms with Crippen molar-refractivity contribution in [2.45, 2.75) is 19.1 Å². The van der Waals surface area contributed by atoms with E-state index in [9.17, 15) is 4.79 Å². The Labute approximate surface area is 102 Å². The van der Waals surface area contributed by atoms with E-state index in [1.54, 1.807) is 0 Å². The van der Waals surface area contributed by atoms with Crippen molar-refractivity contribution in [3.8, 4) is 0 Å². The number of ether oxygens (including phenoxy) is 1. The maximum absolute atomic E-state index is 11.5. The summed E-state index contributed by atoms with van der Waals surface area (Å²) < 4.78 is 5.14. The number of rotatable bonds is 6. The third kappa shape index (κ3) is 6.04. The van der Waals surface area contributed by atoms with Crippen molar-refractivity contribution >= 4 is 5.97 Å². The molecule has 1 atom stereocenters. The molecular weight excluding hydrogens is 216 g/mol. The highest BCUT2D eigenvalue weighted by molar-refractivity contribution is 5.70. The van der Waals surface area contributed by atoms with Crippen LogP contribution in [-0.2, 0) is 16.1 Å². The Balaban J connectivity index is 2.26. The molecule has 0 aliphatic heterocycles. The summed E-state index contributed by atoms with van der Waals surface area (Å²) in [7, 11) is 3.85. The zero-order valence-electron chi connectivity index (χ0n) is 10.4. The van der Waals surface area contributed by atoms with Crippen LogP contribution in [0.2, 0.25) is 0 Å². The largest absolute Gasteiger partial charge is 0.461 e. The summed E-state index contributed by atoms with van der Waals surface area (Å²) in [5.41, 5.74) is 6.79. The molecule has 0 aromatic heterocycles. The van der Waals surface area contributed by atoms with Gasteiger partial charge in [-0.15, -0.1) is 0 Å². The van der Waals surface area contributed by atoms with Gasteiger partial charge in [-0.2, -0.15) is 0 Å². The minimum absolute atomic E-state index is 0.173. The Kier molecular flexibility index (Phi) is 5.66. The Morgan fingerprint density at radius 1 is 1.35 bits per heavy atom. The number of esters is 1. The predicted octanol–water partition coefficient (Wildman–Crippen LogP) is 1.01. The molecule has 1 aromatic carbocycles. The molecule has 0 aliphatic rings. The number of benzene rings is 1. The lowest BCUT2D eigenvalue weighted by Crippen LogP contribution is -2.35. The fourth-order valence-corrected chi connectivity index (χ4v) is 1.54.